The van der Waals surface area contributed by atoms with Crippen LogP contribution in [-0.2, 0) is 6.42 Å². The van der Waals surface area contributed by atoms with Gasteiger partial charge in [-0.1, -0.05) is 29.8 Å². The first-order valence-electron chi connectivity index (χ1n) is 7.12. The summed E-state index contributed by atoms with van der Waals surface area (Å²) < 4.78 is 2.45. The van der Waals surface area contributed by atoms with Crippen LogP contribution >= 0.6 is 0 Å². The Hall–Kier alpha value is -2.66. The van der Waals surface area contributed by atoms with E-state index in [0.29, 0.717) is 22.9 Å². The number of hydrogen-bond donors (Lipinski definition) is 1. The zero-order valence-corrected chi connectivity index (χ0v) is 12.0. The maximum atomic E-state index is 12.8. The number of rotatable bonds is 0. The van der Waals surface area contributed by atoms with E-state index in [9.17, 15) is 14.7 Å². The van der Waals surface area contributed by atoms with Crippen LogP contribution in [0.5, 0.6) is 0 Å². The number of aliphatic hydroxyl groups excluding tert-OH is 1. The molecule has 1 aliphatic rings. The lowest BCUT2D eigenvalue weighted by molar-refractivity contribution is 0.0705. The van der Waals surface area contributed by atoms with E-state index in [-0.39, 0.29) is 11.1 Å². The number of aromatic nitrogens is 2. The molecule has 0 amide bonds. The molecule has 0 aliphatic carbocycles. The highest BCUT2D eigenvalue weighted by molar-refractivity contribution is 5.80. The molecule has 5 nitrogen and oxygen atoms in total. The average molecular weight is 294 g/mol. The topological polar surface area (TPSA) is 64.2 Å². The first-order valence-corrected chi connectivity index (χ1v) is 7.12. The molecule has 0 saturated carbocycles. The lowest BCUT2D eigenvalue weighted by Gasteiger charge is -2.28. The Morgan fingerprint density at radius 3 is 2.45 bits per heavy atom. The van der Waals surface area contributed by atoms with Crippen LogP contribution in [0.2, 0.25) is 0 Å². The van der Waals surface area contributed by atoms with Gasteiger partial charge < -0.3 is 5.11 Å². The zero-order chi connectivity index (χ0) is 15.4. The number of aryl methyl sites for hydroxylation is 1. The molecular weight excluding hydrogens is 280 g/mol. The summed E-state index contributed by atoms with van der Waals surface area (Å²) in [6.45, 7) is 1.96. The van der Waals surface area contributed by atoms with Crippen molar-refractivity contribution in [1.82, 2.24) is 9.36 Å². The molecule has 0 bridgehead atoms. The van der Waals surface area contributed by atoms with Gasteiger partial charge in [0.1, 0.15) is 0 Å². The number of hydrogen-bond acceptors (Lipinski definition) is 3. The lowest BCUT2D eigenvalue weighted by Crippen LogP contribution is -2.43. The van der Waals surface area contributed by atoms with Crippen molar-refractivity contribution in [3.05, 3.63) is 74.3 Å². The molecule has 0 radical (unpaired) electrons. The lowest BCUT2D eigenvalue weighted by atomic mass is 10.0. The van der Waals surface area contributed by atoms with Crippen molar-refractivity contribution in [1.29, 1.82) is 0 Å². The van der Waals surface area contributed by atoms with Gasteiger partial charge in [0.05, 0.1) is 16.5 Å². The van der Waals surface area contributed by atoms with Gasteiger partial charge in [0.2, 0.25) is 0 Å². The number of fused-ring (bicyclic) bond motifs is 4. The van der Waals surface area contributed by atoms with Gasteiger partial charge in [-0.25, -0.2) is 9.36 Å². The number of benzene rings is 2. The quantitative estimate of drug-likeness (QED) is 0.683. The Labute approximate surface area is 125 Å². The highest BCUT2D eigenvalue weighted by atomic mass is 16.3. The van der Waals surface area contributed by atoms with Crippen LogP contribution in [0.4, 0.5) is 0 Å². The van der Waals surface area contributed by atoms with Crippen LogP contribution in [0, 0.1) is 6.92 Å². The van der Waals surface area contributed by atoms with Crippen molar-refractivity contribution in [3.8, 4) is 5.69 Å². The van der Waals surface area contributed by atoms with E-state index in [0.717, 1.165) is 15.8 Å². The summed E-state index contributed by atoms with van der Waals surface area (Å²) in [4.78, 5) is 25.5. The third-order valence-electron chi connectivity index (χ3n) is 4.15. The molecule has 0 saturated heterocycles. The average Bonchev–Trinajstić information content (AvgIpc) is 2.51. The van der Waals surface area contributed by atoms with E-state index >= 15 is 0 Å². The van der Waals surface area contributed by atoms with E-state index in [4.69, 9.17) is 0 Å². The largest absolute Gasteiger partial charge is 0.371 e. The minimum Gasteiger partial charge on any atom is -0.371 e. The number of nitrogens with zero attached hydrogens (tertiary/aromatic N) is 2. The minimum atomic E-state index is -1.04. The fourth-order valence-corrected chi connectivity index (χ4v) is 3.14. The Morgan fingerprint density at radius 1 is 1.05 bits per heavy atom. The summed E-state index contributed by atoms with van der Waals surface area (Å²) in [6.07, 6.45) is -0.728. The first kappa shape index (κ1) is 13.0. The van der Waals surface area contributed by atoms with Gasteiger partial charge in [-0.05, 0) is 30.7 Å². The Kier molecular flexibility index (Phi) is 2.62. The maximum Gasteiger partial charge on any atom is 0.278 e. The molecule has 1 unspecified atom stereocenters. The molecule has 1 atom stereocenters. The molecule has 110 valence electrons. The highest BCUT2D eigenvalue weighted by Crippen LogP contribution is 2.25. The van der Waals surface area contributed by atoms with Crippen LogP contribution in [-0.4, -0.2) is 14.5 Å². The summed E-state index contributed by atoms with van der Waals surface area (Å²) >= 11 is 0. The van der Waals surface area contributed by atoms with Crippen molar-refractivity contribution in [2.75, 3.05) is 0 Å². The van der Waals surface area contributed by atoms with E-state index in [1.165, 1.54) is 4.68 Å². The molecule has 1 N–H and O–H groups in total. The highest BCUT2D eigenvalue weighted by Gasteiger charge is 2.26. The monoisotopic (exact) mass is 294 g/mol. The predicted molar refractivity (Wildman–Crippen MR) is 83.5 cm³/mol. The van der Waals surface area contributed by atoms with Crippen molar-refractivity contribution in [2.45, 2.75) is 19.6 Å². The van der Waals surface area contributed by atoms with Crippen molar-refractivity contribution in [3.63, 3.8) is 0 Å². The smallest absolute Gasteiger partial charge is 0.278 e. The first-order chi connectivity index (χ1) is 10.6. The van der Waals surface area contributed by atoms with Crippen molar-refractivity contribution in [2.24, 2.45) is 0 Å². The van der Waals surface area contributed by atoms with Crippen LogP contribution in [0.1, 0.15) is 17.4 Å². The van der Waals surface area contributed by atoms with E-state index in [2.05, 4.69) is 0 Å². The molecule has 2 aromatic carbocycles. The molecule has 0 spiro atoms. The summed E-state index contributed by atoms with van der Waals surface area (Å²) in [5.41, 5.74) is 1.93. The van der Waals surface area contributed by atoms with Crippen molar-refractivity contribution >= 4 is 10.8 Å². The second-order valence-electron chi connectivity index (χ2n) is 5.63. The van der Waals surface area contributed by atoms with Crippen LogP contribution in [0.15, 0.2) is 52.1 Å². The van der Waals surface area contributed by atoms with Crippen LogP contribution in [0.25, 0.3) is 16.5 Å². The van der Waals surface area contributed by atoms with Crippen LogP contribution in [0.3, 0.4) is 0 Å². The van der Waals surface area contributed by atoms with Gasteiger partial charge >= 0.3 is 0 Å². The zero-order valence-electron chi connectivity index (χ0n) is 12.0. The minimum absolute atomic E-state index is 0.293. The van der Waals surface area contributed by atoms with E-state index < -0.39 is 6.23 Å². The molecule has 22 heavy (non-hydrogen) atoms. The predicted octanol–water partition coefficient (Wildman–Crippen LogP) is 1.51. The molecule has 1 aromatic heterocycles. The van der Waals surface area contributed by atoms with Gasteiger partial charge in [-0.2, -0.15) is 0 Å². The third kappa shape index (κ3) is 1.63. The SMILES string of the molecule is Cc1ccc2c(c1)CC(O)n1c(=O)c3ccccc3c(=O)n1-2. The van der Waals surface area contributed by atoms with Gasteiger partial charge in [-0.15, -0.1) is 0 Å². The second kappa shape index (κ2) is 4.42. The summed E-state index contributed by atoms with van der Waals surface area (Å²) in [6, 6.07) is 12.4. The standard InChI is InChI=1S/C17H14N2O3/c1-10-6-7-14-11(8-10)9-15(20)19-17(22)13-5-3-2-4-12(13)16(21)18(14)19/h2-8,15,20H,9H2,1H3. The molecular formula is C17H14N2O3. The summed E-state index contributed by atoms with van der Waals surface area (Å²) in [7, 11) is 0. The summed E-state index contributed by atoms with van der Waals surface area (Å²) in [5, 5.41) is 11.1. The van der Waals surface area contributed by atoms with Gasteiger partial charge in [0.15, 0.2) is 6.23 Å². The Bertz CT molecular complexity index is 1030. The van der Waals surface area contributed by atoms with Gasteiger partial charge in [0, 0.05) is 6.42 Å². The molecule has 1 aliphatic heterocycles. The molecule has 2 heterocycles. The fourth-order valence-electron chi connectivity index (χ4n) is 3.14. The Balaban J connectivity index is 2.23. The molecule has 3 aromatic rings. The molecule has 5 heteroatoms. The summed E-state index contributed by atoms with van der Waals surface area (Å²) in [5.74, 6) is 0. The normalized spacial score (nSPS) is 16.4. The van der Waals surface area contributed by atoms with Gasteiger partial charge in [0.25, 0.3) is 11.1 Å². The van der Waals surface area contributed by atoms with E-state index in [1.807, 2.05) is 25.1 Å². The van der Waals surface area contributed by atoms with E-state index in [1.54, 1.807) is 24.3 Å². The molecule has 4 rings (SSSR count). The Morgan fingerprint density at radius 2 is 1.73 bits per heavy atom. The van der Waals surface area contributed by atoms with Gasteiger partial charge in [-0.3, -0.25) is 9.59 Å². The van der Waals surface area contributed by atoms with Crippen LogP contribution < -0.4 is 11.1 Å². The second-order valence-corrected chi connectivity index (χ2v) is 5.63. The third-order valence-corrected chi connectivity index (χ3v) is 4.15. The number of aliphatic hydroxyl groups is 1. The maximum absolute atomic E-state index is 12.8. The molecule has 0 fully saturated rings. The fraction of sp³-hybridized carbons (Fsp3) is 0.176. The van der Waals surface area contributed by atoms with Crippen molar-refractivity contribution < 1.29 is 5.11 Å².